The SMILES string of the molecule is CCOC(=O)CCN1C(Br)=NC2C1C(=O)NC(=O)N2C. The smallest absolute Gasteiger partial charge is 0.325 e. The molecule has 0 bridgehead atoms. The lowest BCUT2D eigenvalue weighted by Gasteiger charge is -2.35. The molecule has 20 heavy (non-hydrogen) atoms. The predicted octanol–water partition coefficient (Wildman–Crippen LogP) is -0.118. The number of halogens is 1. The minimum Gasteiger partial charge on any atom is -0.466 e. The summed E-state index contributed by atoms with van der Waals surface area (Å²) in [5.41, 5.74) is 0. The Morgan fingerprint density at radius 3 is 2.85 bits per heavy atom. The minimum absolute atomic E-state index is 0.145. The molecule has 0 aromatic carbocycles. The third-order valence-corrected chi connectivity index (χ3v) is 3.83. The van der Waals surface area contributed by atoms with E-state index < -0.39 is 24.1 Å². The summed E-state index contributed by atoms with van der Waals surface area (Å²) < 4.78 is 5.30. The number of esters is 1. The summed E-state index contributed by atoms with van der Waals surface area (Å²) in [6.45, 7) is 2.34. The molecule has 2 aliphatic heterocycles. The van der Waals surface area contributed by atoms with Crippen molar-refractivity contribution >= 4 is 38.6 Å². The molecule has 2 atom stereocenters. The molecule has 0 radical (unpaired) electrons. The van der Waals surface area contributed by atoms with Gasteiger partial charge in [-0.05, 0) is 22.9 Å². The highest BCUT2D eigenvalue weighted by molar-refractivity contribution is 9.18. The summed E-state index contributed by atoms with van der Waals surface area (Å²) in [6, 6.07) is -1.10. The lowest BCUT2D eigenvalue weighted by Crippen LogP contribution is -2.63. The fourth-order valence-electron chi connectivity index (χ4n) is 2.17. The molecule has 2 aliphatic rings. The summed E-state index contributed by atoms with van der Waals surface area (Å²) in [4.78, 5) is 42.1. The molecule has 2 rings (SSSR count). The molecule has 0 aliphatic carbocycles. The van der Waals surface area contributed by atoms with Gasteiger partial charge in [-0.3, -0.25) is 14.9 Å². The summed E-state index contributed by atoms with van der Waals surface area (Å²) in [5.74, 6) is -0.753. The largest absolute Gasteiger partial charge is 0.466 e. The molecule has 110 valence electrons. The van der Waals surface area contributed by atoms with E-state index in [-0.39, 0.29) is 12.4 Å². The van der Waals surface area contributed by atoms with Gasteiger partial charge in [-0.2, -0.15) is 0 Å². The van der Waals surface area contributed by atoms with Crippen molar-refractivity contribution in [3.63, 3.8) is 0 Å². The van der Waals surface area contributed by atoms with Crippen molar-refractivity contribution in [2.75, 3.05) is 20.2 Å². The van der Waals surface area contributed by atoms with Crippen LogP contribution in [0.25, 0.3) is 0 Å². The number of amidine groups is 1. The van der Waals surface area contributed by atoms with Gasteiger partial charge in [0, 0.05) is 13.6 Å². The molecule has 2 heterocycles. The van der Waals surface area contributed by atoms with Crippen LogP contribution in [0.4, 0.5) is 4.79 Å². The maximum absolute atomic E-state index is 11.9. The number of nitrogens with one attached hydrogen (secondary N) is 1. The number of hydrogen-bond donors (Lipinski definition) is 1. The van der Waals surface area contributed by atoms with E-state index >= 15 is 0 Å². The van der Waals surface area contributed by atoms with Crippen LogP contribution in [0.15, 0.2) is 4.99 Å². The van der Waals surface area contributed by atoms with Gasteiger partial charge in [-0.15, -0.1) is 0 Å². The van der Waals surface area contributed by atoms with Crippen LogP contribution in [0.2, 0.25) is 0 Å². The zero-order chi connectivity index (χ0) is 14.9. The van der Waals surface area contributed by atoms with Crippen molar-refractivity contribution in [1.82, 2.24) is 15.1 Å². The van der Waals surface area contributed by atoms with Crippen molar-refractivity contribution in [2.24, 2.45) is 4.99 Å². The molecule has 1 N–H and O–H groups in total. The quantitative estimate of drug-likeness (QED) is 0.566. The van der Waals surface area contributed by atoms with Crippen LogP contribution in [0, 0.1) is 0 Å². The topological polar surface area (TPSA) is 91.3 Å². The molecular formula is C11H15BrN4O4. The van der Waals surface area contributed by atoms with Crippen molar-refractivity contribution < 1.29 is 19.1 Å². The van der Waals surface area contributed by atoms with E-state index in [1.54, 1.807) is 18.9 Å². The van der Waals surface area contributed by atoms with Crippen LogP contribution in [0.3, 0.4) is 0 Å². The zero-order valence-corrected chi connectivity index (χ0v) is 12.7. The van der Waals surface area contributed by atoms with E-state index in [4.69, 9.17) is 4.74 Å². The molecule has 3 amide bonds. The number of carbonyl (C=O) groups excluding carboxylic acids is 3. The Hall–Kier alpha value is -1.64. The first kappa shape index (κ1) is 14.8. The zero-order valence-electron chi connectivity index (χ0n) is 11.1. The summed E-state index contributed by atoms with van der Waals surface area (Å²) in [5, 5.41) is 2.26. The van der Waals surface area contributed by atoms with Crippen LogP contribution in [0.5, 0.6) is 0 Å². The molecule has 0 saturated carbocycles. The van der Waals surface area contributed by atoms with Crippen LogP contribution >= 0.6 is 15.9 Å². The third-order valence-electron chi connectivity index (χ3n) is 3.17. The van der Waals surface area contributed by atoms with Gasteiger partial charge in [0.25, 0.3) is 5.91 Å². The first-order valence-corrected chi connectivity index (χ1v) is 6.98. The standard InChI is InChI=1S/C11H15BrN4O4/c1-3-20-6(17)4-5-16-7-8(13-10(16)12)15(2)11(19)14-9(7)18/h7-8H,3-5H2,1-2H3,(H,14,18,19). The Labute approximate surface area is 124 Å². The highest BCUT2D eigenvalue weighted by atomic mass is 79.9. The molecule has 2 unspecified atom stereocenters. The van der Waals surface area contributed by atoms with Crippen LogP contribution in [-0.4, -0.2) is 64.9 Å². The number of rotatable bonds is 4. The second kappa shape index (κ2) is 5.78. The number of hydrogen-bond acceptors (Lipinski definition) is 6. The van der Waals surface area contributed by atoms with E-state index in [9.17, 15) is 14.4 Å². The van der Waals surface area contributed by atoms with E-state index in [2.05, 4.69) is 26.2 Å². The van der Waals surface area contributed by atoms with Crippen LogP contribution in [0.1, 0.15) is 13.3 Å². The number of carbonyl (C=O) groups is 3. The third kappa shape index (κ3) is 2.62. The second-order valence-electron chi connectivity index (χ2n) is 4.41. The average molecular weight is 347 g/mol. The van der Waals surface area contributed by atoms with Crippen molar-refractivity contribution in [3.8, 4) is 0 Å². The molecule has 8 nitrogen and oxygen atoms in total. The Bertz CT molecular complexity index is 481. The van der Waals surface area contributed by atoms with Gasteiger partial charge in [-0.1, -0.05) is 0 Å². The van der Waals surface area contributed by atoms with Crippen molar-refractivity contribution in [3.05, 3.63) is 0 Å². The summed E-state index contributed by atoms with van der Waals surface area (Å²) in [6.07, 6.45) is -0.431. The number of likely N-dealkylation sites (N-methyl/N-ethyl adjacent to an activating group) is 1. The lowest BCUT2D eigenvalue weighted by atomic mass is 10.1. The Balaban J connectivity index is 2.07. The number of nitrogens with zero attached hydrogens (tertiary/aromatic N) is 3. The minimum atomic E-state index is -0.624. The summed E-state index contributed by atoms with van der Waals surface area (Å²) >= 11 is 3.26. The fourth-order valence-corrected chi connectivity index (χ4v) is 2.78. The van der Waals surface area contributed by atoms with Crippen LogP contribution in [-0.2, 0) is 14.3 Å². The van der Waals surface area contributed by atoms with Gasteiger partial charge >= 0.3 is 12.0 Å². The molecule has 0 aromatic heterocycles. The van der Waals surface area contributed by atoms with Crippen LogP contribution < -0.4 is 5.32 Å². The lowest BCUT2D eigenvalue weighted by molar-refractivity contribution is -0.143. The Morgan fingerprint density at radius 2 is 2.20 bits per heavy atom. The van der Waals surface area contributed by atoms with E-state index in [1.807, 2.05) is 0 Å². The number of fused-ring (bicyclic) bond motifs is 1. The van der Waals surface area contributed by atoms with Gasteiger partial charge in [0.15, 0.2) is 17.0 Å². The normalized spacial score (nSPS) is 25.2. The molecular weight excluding hydrogens is 332 g/mol. The van der Waals surface area contributed by atoms with Crippen molar-refractivity contribution in [1.29, 1.82) is 0 Å². The number of amides is 3. The first-order valence-electron chi connectivity index (χ1n) is 6.19. The van der Waals surface area contributed by atoms with E-state index in [0.29, 0.717) is 17.9 Å². The maximum atomic E-state index is 11.9. The number of urea groups is 1. The molecule has 9 heteroatoms. The van der Waals surface area contributed by atoms with E-state index in [1.165, 1.54) is 4.90 Å². The molecule has 1 saturated heterocycles. The van der Waals surface area contributed by atoms with Gasteiger partial charge in [0.2, 0.25) is 0 Å². The number of ether oxygens (including phenoxy) is 1. The highest BCUT2D eigenvalue weighted by Crippen LogP contribution is 2.26. The fraction of sp³-hybridized carbons (Fsp3) is 0.636. The van der Waals surface area contributed by atoms with Gasteiger partial charge in [-0.25, -0.2) is 9.79 Å². The highest BCUT2D eigenvalue weighted by Gasteiger charge is 2.47. The molecule has 1 fully saturated rings. The van der Waals surface area contributed by atoms with Gasteiger partial charge in [0.1, 0.15) is 0 Å². The summed E-state index contributed by atoms with van der Waals surface area (Å²) in [7, 11) is 1.57. The van der Waals surface area contributed by atoms with E-state index in [0.717, 1.165) is 0 Å². The molecule has 0 aromatic rings. The number of aliphatic imine (C=N–C) groups is 1. The Kier molecular flexibility index (Phi) is 4.26. The van der Waals surface area contributed by atoms with Crippen molar-refractivity contribution in [2.45, 2.75) is 25.6 Å². The predicted molar refractivity (Wildman–Crippen MR) is 73.2 cm³/mol. The van der Waals surface area contributed by atoms with Gasteiger partial charge in [0.05, 0.1) is 13.0 Å². The monoisotopic (exact) mass is 346 g/mol. The molecule has 0 spiro atoms. The second-order valence-corrected chi connectivity index (χ2v) is 5.12. The first-order chi connectivity index (χ1) is 9.45. The maximum Gasteiger partial charge on any atom is 0.325 e. The number of imide groups is 1. The van der Waals surface area contributed by atoms with Gasteiger partial charge < -0.3 is 14.5 Å². The average Bonchev–Trinajstić information content (AvgIpc) is 2.72. The Morgan fingerprint density at radius 1 is 1.50 bits per heavy atom.